The molecule has 0 N–H and O–H groups in total. The maximum absolute atomic E-state index is 11.7. The minimum absolute atomic E-state index is 0.212. The van der Waals surface area contributed by atoms with Crippen molar-refractivity contribution in [2.45, 2.75) is 6.92 Å². The zero-order valence-electron chi connectivity index (χ0n) is 10.8. The molecule has 1 rings (SSSR count). The quantitative estimate of drug-likeness (QED) is 0.463. The number of aromatic nitrogens is 1. The Hall–Kier alpha value is -2.25. The second-order valence-corrected chi connectivity index (χ2v) is 3.61. The topological polar surface area (TPSA) is 34.5 Å². The van der Waals surface area contributed by atoms with Gasteiger partial charge in [-0.05, 0) is 18.9 Å². The van der Waals surface area contributed by atoms with Crippen LogP contribution in [-0.2, 0) is 4.84 Å². The molecule has 0 atom stereocenters. The molecule has 4 heteroatoms. The highest BCUT2D eigenvalue weighted by molar-refractivity contribution is 5.93. The van der Waals surface area contributed by atoms with Crippen LogP contribution in [0.1, 0.15) is 17.3 Å². The SMILES string of the molecule is C=C/C=C(\C)C#Cn1ccc(C(=O)N(C)OC)c1. The van der Waals surface area contributed by atoms with E-state index in [4.69, 9.17) is 4.84 Å². The Bertz CT molecular complexity index is 529. The highest BCUT2D eigenvalue weighted by Crippen LogP contribution is 2.04. The van der Waals surface area contributed by atoms with Crippen molar-refractivity contribution < 1.29 is 9.63 Å². The standard InChI is InChI=1S/C14H16N2O2/c1-5-6-12(2)7-9-16-10-8-13(11-16)14(17)15(3)18-4/h5-6,8,10-11H,1H2,2-4H3/b12-6+. The van der Waals surface area contributed by atoms with E-state index in [-0.39, 0.29) is 5.91 Å². The number of allylic oxidation sites excluding steroid dienone is 3. The number of amides is 1. The minimum Gasteiger partial charge on any atom is -0.283 e. The number of hydrogen-bond donors (Lipinski definition) is 0. The van der Waals surface area contributed by atoms with E-state index in [0.717, 1.165) is 10.6 Å². The lowest BCUT2D eigenvalue weighted by Crippen LogP contribution is -2.24. The van der Waals surface area contributed by atoms with Gasteiger partial charge in [0, 0.05) is 31.1 Å². The van der Waals surface area contributed by atoms with E-state index in [1.54, 1.807) is 36.2 Å². The van der Waals surface area contributed by atoms with E-state index < -0.39 is 0 Å². The average Bonchev–Trinajstić information content (AvgIpc) is 2.83. The molecule has 0 spiro atoms. The molecule has 0 aliphatic carbocycles. The Morgan fingerprint density at radius 1 is 1.61 bits per heavy atom. The fraction of sp³-hybridized carbons (Fsp3) is 0.214. The van der Waals surface area contributed by atoms with Crippen LogP contribution in [0.25, 0.3) is 0 Å². The molecule has 0 radical (unpaired) electrons. The van der Waals surface area contributed by atoms with Gasteiger partial charge in [0.25, 0.3) is 5.91 Å². The van der Waals surface area contributed by atoms with Gasteiger partial charge in [0.05, 0.1) is 12.7 Å². The summed E-state index contributed by atoms with van der Waals surface area (Å²) in [5, 5.41) is 1.16. The van der Waals surface area contributed by atoms with Crippen molar-refractivity contribution in [3.05, 3.63) is 48.3 Å². The number of hydroxylamine groups is 2. The van der Waals surface area contributed by atoms with Crippen molar-refractivity contribution in [3.8, 4) is 12.0 Å². The number of rotatable bonds is 3. The average molecular weight is 244 g/mol. The first-order chi connectivity index (χ1) is 8.58. The van der Waals surface area contributed by atoms with Crippen LogP contribution in [0.3, 0.4) is 0 Å². The number of hydrogen-bond acceptors (Lipinski definition) is 2. The lowest BCUT2D eigenvalue weighted by Gasteiger charge is -2.11. The largest absolute Gasteiger partial charge is 0.283 e. The molecule has 94 valence electrons. The van der Waals surface area contributed by atoms with Gasteiger partial charge in [0.1, 0.15) is 0 Å². The summed E-state index contributed by atoms with van der Waals surface area (Å²) in [6, 6.07) is 4.59. The van der Waals surface area contributed by atoms with Crippen LogP contribution in [0.5, 0.6) is 0 Å². The van der Waals surface area contributed by atoms with Crippen LogP contribution < -0.4 is 0 Å². The zero-order valence-corrected chi connectivity index (χ0v) is 10.8. The predicted molar refractivity (Wildman–Crippen MR) is 70.7 cm³/mol. The Balaban J connectivity index is 2.84. The maximum Gasteiger partial charge on any atom is 0.278 e. The van der Waals surface area contributed by atoms with Gasteiger partial charge in [0.15, 0.2) is 0 Å². The Labute approximate surface area is 107 Å². The second-order valence-electron chi connectivity index (χ2n) is 3.61. The smallest absolute Gasteiger partial charge is 0.278 e. The lowest BCUT2D eigenvalue weighted by atomic mass is 10.3. The zero-order chi connectivity index (χ0) is 13.5. The van der Waals surface area contributed by atoms with Gasteiger partial charge in [-0.25, -0.2) is 5.06 Å². The van der Waals surface area contributed by atoms with Gasteiger partial charge < -0.3 is 0 Å². The van der Waals surface area contributed by atoms with E-state index in [1.165, 1.54) is 7.11 Å². The monoisotopic (exact) mass is 244 g/mol. The summed E-state index contributed by atoms with van der Waals surface area (Å²) in [6.45, 7) is 5.49. The molecule has 0 bridgehead atoms. The Kier molecular flexibility index (Phi) is 4.97. The first-order valence-corrected chi connectivity index (χ1v) is 5.40. The first-order valence-electron chi connectivity index (χ1n) is 5.40. The van der Waals surface area contributed by atoms with Crippen LogP contribution in [0.4, 0.5) is 0 Å². The van der Waals surface area contributed by atoms with Crippen LogP contribution >= 0.6 is 0 Å². The molecule has 18 heavy (non-hydrogen) atoms. The molecule has 0 aromatic carbocycles. The van der Waals surface area contributed by atoms with Crippen molar-refractivity contribution in [1.82, 2.24) is 9.63 Å². The van der Waals surface area contributed by atoms with Gasteiger partial charge in [-0.15, -0.1) is 0 Å². The van der Waals surface area contributed by atoms with Crippen LogP contribution in [0, 0.1) is 12.0 Å². The molecule has 0 saturated heterocycles. The van der Waals surface area contributed by atoms with E-state index in [2.05, 4.69) is 18.5 Å². The summed E-state index contributed by atoms with van der Waals surface area (Å²) in [4.78, 5) is 16.6. The summed E-state index contributed by atoms with van der Waals surface area (Å²) >= 11 is 0. The Morgan fingerprint density at radius 3 is 2.94 bits per heavy atom. The lowest BCUT2D eigenvalue weighted by molar-refractivity contribution is -0.0756. The summed E-state index contributed by atoms with van der Waals surface area (Å²) in [5.74, 6) is 2.73. The van der Waals surface area contributed by atoms with Gasteiger partial charge >= 0.3 is 0 Å². The molecule has 0 aliphatic rings. The maximum atomic E-state index is 11.7. The van der Waals surface area contributed by atoms with Crippen molar-refractivity contribution >= 4 is 5.91 Å². The second kappa shape index (κ2) is 6.48. The molecule has 1 heterocycles. The van der Waals surface area contributed by atoms with Crippen molar-refractivity contribution in [2.24, 2.45) is 0 Å². The number of carbonyl (C=O) groups excluding carboxylic acids is 1. The summed E-state index contributed by atoms with van der Waals surface area (Å²) in [5.41, 5.74) is 1.43. The molecule has 0 unspecified atom stereocenters. The molecular formula is C14H16N2O2. The minimum atomic E-state index is -0.212. The van der Waals surface area contributed by atoms with Gasteiger partial charge in [-0.2, -0.15) is 0 Å². The predicted octanol–water partition coefficient (Wildman–Crippen LogP) is 2.06. The third kappa shape index (κ3) is 3.65. The van der Waals surface area contributed by atoms with Crippen molar-refractivity contribution in [3.63, 3.8) is 0 Å². The molecule has 1 aromatic heterocycles. The highest BCUT2D eigenvalue weighted by atomic mass is 16.7. The normalized spacial score (nSPS) is 10.5. The van der Waals surface area contributed by atoms with Crippen LogP contribution in [0.15, 0.2) is 42.8 Å². The summed E-state index contributed by atoms with van der Waals surface area (Å²) < 4.78 is 1.64. The molecule has 4 nitrogen and oxygen atoms in total. The van der Waals surface area contributed by atoms with E-state index in [0.29, 0.717) is 5.56 Å². The number of carbonyl (C=O) groups is 1. The molecule has 0 fully saturated rings. The molecule has 0 aliphatic heterocycles. The van der Waals surface area contributed by atoms with E-state index >= 15 is 0 Å². The van der Waals surface area contributed by atoms with Gasteiger partial charge in [0.2, 0.25) is 0 Å². The van der Waals surface area contributed by atoms with Crippen LogP contribution in [0.2, 0.25) is 0 Å². The first kappa shape index (κ1) is 13.8. The van der Waals surface area contributed by atoms with E-state index in [9.17, 15) is 4.79 Å². The van der Waals surface area contributed by atoms with Gasteiger partial charge in [-0.3, -0.25) is 14.2 Å². The molecule has 1 aromatic rings. The third-order valence-electron chi connectivity index (χ3n) is 2.25. The van der Waals surface area contributed by atoms with E-state index in [1.807, 2.05) is 13.0 Å². The van der Waals surface area contributed by atoms with Gasteiger partial charge in [-0.1, -0.05) is 18.7 Å². The van der Waals surface area contributed by atoms with Crippen molar-refractivity contribution in [1.29, 1.82) is 0 Å². The van der Waals surface area contributed by atoms with Crippen molar-refractivity contribution in [2.75, 3.05) is 14.2 Å². The summed E-state index contributed by atoms with van der Waals surface area (Å²) in [7, 11) is 3.00. The number of nitrogens with zero attached hydrogens (tertiary/aromatic N) is 2. The van der Waals surface area contributed by atoms with Crippen LogP contribution in [-0.4, -0.2) is 29.7 Å². The Morgan fingerprint density at radius 2 is 2.33 bits per heavy atom. The highest BCUT2D eigenvalue weighted by Gasteiger charge is 2.11. The molecule has 1 amide bonds. The molecular weight excluding hydrogens is 228 g/mol. The third-order valence-corrected chi connectivity index (χ3v) is 2.25. The fourth-order valence-corrected chi connectivity index (χ4v) is 1.23. The molecule has 0 saturated carbocycles. The summed E-state index contributed by atoms with van der Waals surface area (Å²) in [6.07, 6.45) is 6.89. The fourth-order valence-electron chi connectivity index (χ4n) is 1.23.